The zero-order valence-electron chi connectivity index (χ0n) is 11.2. The number of aromatic nitrogens is 2. The van der Waals surface area contributed by atoms with E-state index >= 15 is 0 Å². The summed E-state index contributed by atoms with van der Waals surface area (Å²) in [4.78, 5) is 12.1. The topological polar surface area (TPSA) is 66.9 Å². The fourth-order valence-corrected chi connectivity index (χ4v) is 3.49. The Labute approximate surface area is 133 Å². The molecular formula is C15H10N4OS2. The summed E-state index contributed by atoms with van der Waals surface area (Å²) in [6.07, 6.45) is 0. The maximum atomic E-state index is 12.1. The number of amides is 2. The van der Waals surface area contributed by atoms with Gasteiger partial charge in [-0.05, 0) is 53.2 Å². The first-order valence-corrected chi connectivity index (χ1v) is 8.16. The second-order valence-electron chi connectivity index (χ2n) is 4.72. The third-order valence-electron chi connectivity index (χ3n) is 3.22. The largest absolute Gasteiger partial charge is 0.323 e. The first-order valence-electron chi connectivity index (χ1n) is 6.55. The molecule has 0 atom stereocenters. The molecule has 108 valence electrons. The molecule has 2 aromatic heterocycles. The lowest BCUT2D eigenvalue weighted by atomic mass is 10.2. The van der Waals surface area contributed by atoms with Crippen molar-refractivity contribution in [2.24, 2.45) is 0 Å². The van der Waals surface area contributed by atoms with Crippen LogP contribution in [0.15, 0.2) is 47.8 Å². The predicted molar refractivity (Wildman–Crippen MR) is 91.9 cm³/mol. The van der Waals surface area contributed by atoms with Crippen LogP contribution in [-0.4, -0.2) is 14.8 Å². The fraction of sp³-hybridized carbons (Fsp3) is 0. The van der Waals surface area contributed by atoms with Crippen LogP contribution in [0.25, 0.3) is 21.1 Å². The van der Waals surface area contributed by atoms with Crippen molar-refractivity contribution in [3.63, 3.8) is 0 Å². The van der Waals surface area contributed by atoms with Gasteiger partial charge in [-0.3, -0.25) is 0 Å². The Morgan fingerprint density at radius 2 is 1.68 bits per heavy atom. The van der Waals surface area contributed by atoms with Crippen molar-refractivity contribution < 1.29 is 4.79 Å². The van der Waals surface area contributed by atoms with Crippen LogP contribution in [0.2, 0.25) is 0 Å². The van der Waals surface area contributed by atoms with Crippen LogP contribution in [0.4, 0.5) is 16.2 Å². The van der Waals surface area contributed by atoms with Gasteiger partial charge in [-0.15, -0.1) is 11.3 Å². The smallest absolute Gasteiger partial charge is 0.308 e. The highest BCUT2D eigenvalue weighted by Crippen LogP contribution is 2.24. The summed E-state index contributed by atoms with van der Waals surface area (Å²) >= 11 is 2.84. The number of hydrogen-bond donors (Lipinski definition) is 2. The van der Waals surface area contributed by atoms with Gasteiger partial charge in [-0.2, -0.15) is 8.75 Å². The second kappa shape index (κ2) is 5.36. The second-order valence-corrected chi connectivity index (χ2v) is 6.20. The number of carbonyl (C=O) groups excluding carboxylic acids is 1. The lowest BCUT2D eigenvalue weighted by molar-refractivity contribution is 0.262. The SMILES string of the molecule is O=C(Nc1ccc2sccc2c1)Nc1ccc2nsnc2c1. The molecule has 2 aromatic carbocycles. The van der Waals surface area contributed by atoms with Gasteiger partial charge in [0.2, 0.25) is 0 Å². The average molecular weight is 326 g/mol. The lowest BCUT2D eigenvalue weighted by Crippen LogP contribution is -2.19. The number of benzene rings is 2. The van der Waals surface area contributed by atoms with Gasteiger partial charge in [0, 0.05) is 16.1 Å². The van der Waals surface area contributed by atoms with E-state index in [1.165, 1.54) is 4.70 Å². The normalized spacial score (nSPS) is 10.9. The molecule has 0 unspecified atom stereocenters. The minimum absolute atomic E-state index is 0.280. The number of hydrogen-bond acceptors (Lipinski definition) is 5. The number of nitrogens with zero attached hydrogens (tertiary/aromatic N) is 2. The van der Waals surface area contributed by atoms with Crippen LogP contribution in [-0.2, 0) is 0 Å². The van der Waals surface area contributed by atoms with Gasteiger partial charge in [-0.1, -0.05) is 0 Å². The minimum atomic E-state index is -0.280. The molecule has 0 aliphatic heterocycles. The number of carbonyl (C=O) groups is 1. The number of fused-ring (bicyclic) bond motifs is 2. The molecule has 0 saturated heterocycles. The molecule has 2 heterocycles. The van der Waals surface area contributed by atoms with Crippen molar-refractivity contribution in [3.8, 4) is 0 Å². The van der Waals surface area contributed by atoms with Crippen molar-refractivity contribution in [1.82, 2.24) is 8.75 Å². The Bertz CT molecular complexity index is 898. The van der Waals surface area contributed by atoms with Crippen molar-refractivity contribution in [2.75, 3.05) is 10.6 Å². The molecule has 0 fully saturated rings. The van der Waals surface area contributed by atoms with Gasteiger partial charge in [0.05, 0.1) is 11.7 Å². The highest BCUT2D eigenvalue weighted by atomic mass is 32.1. The van der Waals surface area contributed by atoms with Gasteiger partial charge >= 0.3 is 6.03 Å². The third-order valence-corrected chi connectivity index (χ3v) is 4.68. The van der Waals surface area contributed by atoms with E-state index in [4.69, 9.17) is 0 Å². The van der Waals surface area contributed by atoms with Crippen LogP contribution in [0.5, 0.6) is 0 Å². The lowest BCUT2D eigenvalue weighted by Gasteiger charge is -2.07. The first-order chi connectivity index (χ1) is 10.8. The quantitative estimate of drug-likeness (QED) is 0.568. The summed E-state index contributed by atoms with van der Waals surface area (Å²) in [7, 11) is 0. The van der Waals surface area contributed by atoms with Gasteiger partial charge in [0.1, 0.15) is 11.0 Å². The molecule has 5 nitrogen and oxygen atoms in total. The number of urea groups is 1. The molecule has 0 aliphatic rings. The van der Waals surface area contributed by atoms with Gasteiger partial charge in [0.15, 0.2) is 0 Å². The first kappa shape index (κ1) is 13.2. The Morgan fingerprint density at radius 1 is 0.909 bits per heavy atom. The summed E-state index contributed by atoms with van der Waals surface area (Å²) < 4.78 is 9.49. The predicted octanol–water partition coefficient (Wildman–Crippen LogP) is 4.55. The molecule has 0 radical (unpaired) electrons. The molecule has 2 amide bonds. The van der Waals surface area contributed by atoms with E-state index in [0.717, 1.165) is 33.8 Å². The summed E-state index contributed by atoms with van der Waals surface area (Å²) in [5.74, 6) is 0. The summed E-state index contributed by atoms with van der Waals surface area (Å²) in [6, 6.07) is 13.1. The summed E-state index contributed by atoms with van der Waals surface area (Å²) in [5.41, 5.74) is 3.07. The van der Waals surface area contributed by atoms with Crippen LogP contribution < -0.4 is 10.6 Å². The zero-order valence-corrected chi connectivity index (χ0v) is 12.9. The van der Waals surface area contributed by atoms with Crippen LogP contribution in [0.3, 0.4) is 0 Å². The van der Waals surface area contributed by atoms with E-state index in [1.807, 2.05) is 41.8 Å². The molecule has 4 rings (SSSR count). The van der Waals surface area contributed by atoms with Gasteiger partial charge < -0.3 is 10.6 Å². The van der Waals surface area contributed by atoms with Gasteiger partial charge in [0.25, 0.3) is 0 Å². The monoisotopic (exact) mass is 326 g/mol. The van der Waals surface area contributed by atoms with Crippen molar-refractivity contribution in [2.45, 2.75) is 0 Å². The standard InChI is InChI=1S/C15H10N4OS2/c20-15(16-10-2-4-14-9(7-10)5-6-21-14)17-11-1-3-12-13(8-11)19-22-18-12/h1-8H,(H2,16,17,20). The number of anilines is 2. The molecule has 7 heteroatoms. The molecule has 0 bridgehead atoms. The molecule has 0 saturated carbocycles. The highest BCUT2D eigenvalue weighted by Gasteiger charge is 2.06. The molecule has 22 heavy (non-hydrogen) atoms. The minimum Gasteiger partial charge on any atom is -0.308 e. The van der Waals surface area contributed by atoms with E-state index in [1.54, 1.807) is 17.4 Å². The Hall–Kier alpha value is -2.51. The summed E-state index contributed by atoms with van der Waals surface area (Å²) in [5, 5.41) is 8.80. The van der Waals surface area contributed by atoms with Crippen LogP contribution >= 0.6 is 23.1 Å². The van der Waals surface area contributed by atoms with Crippen molar-refractivity contribution >= 4 is 61.6 Å². The number of rotatable bonds is 2. The van der Waals surface area contributed by atoms with E-state index in [9.17, 15) is 4.79 Å². The van der Waals surface area contributed by atoms with E-state index in [2.05, 4.69) is 19.4 Å². The van der Waals surface area contributed by atoms with Crippen molar-refractivity contribution in [1.29, 1.82) is 0 Å². The summed E-state index contributed by atoms with van der Waals surface area (Å²) in [6.45, 7) is 0. The molecule has 2 N–H and O–H groups in total. The zero-order chi connectivity index (χ0) is 14.9. The van der Waals surface area contributed by atoms with E-state index in [0.29, 0.717) is 5.69 Å². The number of thiophene rings is 1. The van der Waals surface area contributed by atoms with E-state index < -0.39 is 0 Å². The van der Waals surface area contributed by atoms with E-state index in [-0.39, 0.29) is 6.03 Å². The Morgan fingerprint density at radius 3 is 2.59 bits per heavy atom. The third kappa shape index (κ3) is 2.51. The maximum Gasteiger partial charge on any atom is 0.323 e. The van der Waals surface area contributed by atoms with Crippen LogP contribution in [0.1, 0.15) is 0 Å². The van der Waals surface area contributed by atoms with Crippen molar-refractivity contribution in [3.05, 3.63) is 47.8 Å². The number of nitrogens with one attached hydrogen (secondary N) is 2. The van der Waals surface area contributed by atoms with Crippen LogP contribution in [0, 0.1) is 0 Å². The molecular weight excluding hydrogens is 316 g/mol. The molecule has 0 spiro atoms. The Balaban J connectivity index is 1.51. The maximum absolute atomic E-state index is 12.1. The van der Waals surface area contributed by atoms with Gasteiger partial charge in [-0.25, -0.2) is 4.79 Å². The molecule has 4 aromatic rings. The molecule has 0 aliphatic carbocycles. The average Bonchev–Trinajstić information content (AvgIpc) is 3.14. The highest BCUT2D eigenvalue weighted by molar-refractivity contribution is 7.17. The Kier molecular flexibility index (Phi) is 3.21. The fourth-order valence-electron chi connectivity index (χ4n) is 2.20.